The lowest BCUT2D eigenvalue weighted by Gasteiger charge is -2.27. The van der Waals surface area contributed by atoms with E-state index in [1.165, 1.54) is 11.8 Å². The van der Waals surface area contributed by atoms with Crippen molar-refractivity contribution in [3.8, 4) is 11.5 Å². The number of alkyl carbamates (subject to hydrolysis) is 1. The maximum atomic E-state index is 14.9. The predicted octanol–water partition coefficient (Wildman–Crippen LogP) is 8.26. The third-order valence-corrected chi connectivity index (χ3v) is 17.5. The largest absolute Gasteiger partial charge is 0.488 e. The number of hydrogen-bond acceptors (Lipinski definition) is 15. The zero-order valence-electron chi connectivity index (χ0n) is 62.9. The van der Waals surface area contributed by atoms with Gasteiger partial charge >= 0.3 is 18.0 Å². The van der Waals surface area contributed by atoms with E-state index in [2.05, 4.69) is 47.9 Å². The molecule has 6 atom stereocenters. The smallest absolute Gasteiger partial charge is 0.408 e. The number of ether oxygens (including phenoxy) is 3. The first-order valence-electron chi connectivity index (χ1n) is 37.1. The van der Waals surface area contributed by atoms with Crippen molar-refractivity contribution in [3.63, 3.8) is 0 Å². The van der Waals surface area contributed by atoms with E-state index in [0.29, 0.717) is 67.0 Å². The lowest BCUT2D eigenvalue weighted by atomic mass is 9.99. The van der Waals surface area contributed by atoms with Crippen molar-refractivity contribution in [1.82, 2.24) is 47.4 Å². The number of carbonyl (C=O) groups excluding carboxylic acids is 11. The zero-order chi connectivity index (χ0) is 77.8. The molecule has 6 rings (SSSR count). The molecular weight excluding hydrogens is 1370 g/mol. The number of rotatable bonds is 43. The van der Waals surface area contributed by atoms with Crippen LogP contribution in [-0.4, -0.2) is 149 Å². The van der Waals surface area contributed by atoms with Crippen LogP contribution in [0.1, 0.15) is 167 Å². The molecular formula is C81H108N10O16. The average molecular weight is 1480 g/mol. The van der Waals surface area contributed by atoms with Crippen molar-refractivity contribution in [1.29, 1.82) is 0 Å². The van der Waals surface area contributed by atoms with Crippen molar-refractivity contribution < 1.29 is 76.9 Å². The third-order valence-electron chi connectivity index (χ3n) is 17.5. The van der Waals surface area contributed by atoms with Gasteiger partial charge in [0.15, 0.2) is 0 Å². The van der Waals surface area contributed by atoms with Gasteiger partial charge in [0.25, 0.3) is 0 Å². The van der Waals surface area contributed by atoms with Crippen LogP contribution in [0.3, 0.4) is 0 Å². The maximum Gasteiger partial charge on any atom is 0.408 e. The van der Waals surface area contributed by atoms with Crippen molar-refractivity contribution >= 4 is 76.9 Å². The fraction of sp³-hybridized carbons (Fsp3) is 0.481. The molecule has 578 valence electrons. The number of anilines is 1. The Hall–Kier alpha value is -10.7. The van der Waals surface area contributed by atoms with Crippen LogP contribution < -0.4 is 57.3 Å². The summed E-state index contributed by atoms with van der Waals surface area (Å²) in [6.45, 7) is 14.7. The third kappa shape index (κ3) is 32.3. The molecule has 1 fully saturated rings. The van der Waals surface area contributed by atoms with Gasteiger partial charge in [-0.2, -0.15) is 0 Å². The zero-order valence-corrected chi connectivity index (χ0v) is 62.9. The van der Waals surface area contributed by atoms with Gasteiger partial charge in [0.2, 0.25) is 53.2 Å². The molecule has 1 saturated heterocycles. The number of unbranched alkanes of at least 4 members (excludes halogenated alkanes) is 4. The van der Waals surface area contributed by atoms with Gasteiger partial charge in [-0.15, -0.1) is 0 Å². The van der Waals surface area contributed by atoms with Crippen molar-refractivity contribution in [2.75, 3.05) is 31.5 Å². The molecule has 0 bridgehead atoms. The van der Waals surface area contributed by atoms with Crippen molar-refractivity contribution in [3.05, 3.63) is 161 Å². The van der Waals surface area contributed by atoms with Crippen LogP contribution in [-0.2, 0) is 89.8 Å². The minimum absolute atomic E-state index is 0.0274. The molecule has 1 heterocycles. The Kier molecular flexibility index (Phi) is 35.3. The Morgan fingerprint density at radius 2 is 1.08 bits per heavy atom. The molecule has 5 aromatic rings. The molecule has 0 spiro atoms. The average Bonchev–Trinajstić information content (AvgIpc) is 1.60. The SMILES string of the molecule is CC(=O)N1CCCC1C(=O)N[C@@H](CC(C)C)C(=O)NCC(=O)N[C@@H](CCc1ccccc1)C(=O)N[C@@H](Cc1ccc(OC(C)(C)C)cc1)C(=O)N[C@@H](CC(C)C)C(=O)Nc1ccccc1CC(=O)Oc1ccc(CCCCCCCC(=O)NCCNC(=O)[C@H](CCC(=O)O)NC(=O)OCc2ccccc2)cc1. The molecule has 0 radical (unpaired) electrons. The van der Waals surface area contributed by atoms with E-state index >= 15 is 0 Å². The highest BCUT2D eigenvalue weighted by molar-refractivity contribution is 6.00. The quantitative estimate of drug-likeness (QED) is 0.00997. The summed E-state index contributed by atoms with van der Waals surface area (Å²) in [7, 11) is 0. The molecule has 1 unspecified atom stereocenters. The Bertz CT molecular complexity index is 3740. The summed E-state index contributed by atoms with van der Waals surface area (Å²) in [6.07, 6.45) is 5.59. The molecule has 0 aromatic heterocycles. The molecule has 5 aromatic carbocycles. The van der Waals surface area contributed by atoms with E-state index < -0.39 is 108 Å². The highest BCUT2D eigenvalue weighted by Gasteiger charge is 2.36. The van der Waals surface area contributed by atoms with Gasteiger partial charge in [0, 0.05) is 51.5 Å². The van der Waals surface area contributed by atoms with Gasteiger partial charge in [-0.25, -0.2) is 4.79 Å². The highest BCUT2D eigenvalue weighted by atomic mass is 16.5. The summed E-state index contributed by atoms with van der Waals surface area (Å²) in [5.74, 6) is -5.77. The summed E-state index contributed by atoms with van der Waals surface area (Å²) in [6, 6.07) is 32.7. The number of aryl methyl sites for hydroxylation is 2. The van der Waals surface area contributed by atoms with Crippen LogP contribution >= 0.6 is 0 Å². The van der Waals surface area contributed by atoms with Gasteiger partial charge in [-0.1, -0.05) is 150 Å². The Morgan fingerprint density at radius 1 is 0.523 bits per heavy atom. The number of para-hydroxylation sites is 1. The van der Waals surface area contributed by atoms with Crippen LogP contribution in [0.15, 0.2) is 133 Å². The van der Waals surface area contributed by atoms with E-state index in [1.54, 1.807) is 84.9 Å². The highest BCUT2D eigenvalue weighted by Crippen LogP contribution is 2.24. The van der Waals surface area contributed by atoms with Gasteiger partial charge < -0.3 is 72.1 Å². The number of aliphatic carboxylic acids is 1. The van der Waals surface area contributed by atoms with Gasteiger partial charge in [0.1, 0.15) is 60.0 Å². The second-order valence-electron chi connectivity index (χ2n) is 28.8. The fourth-order valence-electron chi connectivity index (χ4n) is 12.1. The second kappa shape index (κ2) is 44.3. The van der Waals surface area contributed by atoms with Gasteiger partial charge in [0.05, 0.1) is 13.0 Å². The minimum Gasteiger partial charge on any atom is -0.488 e. The molecule has 0 saturated carbocycles. The van der Waals surface area contributed by atoms with Crippen LogP contribution in [0, 0.1) is 11.8 Å². The number of esters is 1. The van der Waals surface area contributed by atoms with Crippen molar-refractivity contribution in [2.24, 2.45) is 11.8 Å². The first-order valence-corrected chi connectivity index (χ1v) is 37.1. The summed E-state index contributed by atoms with van der Waals surface area (Å²) in [5.41, 5.74) is 3.55. The number of nitrogens with one attached hydrogen (secondary N) is 9. The van der Waals surface area contributed by atoms with Gasteiger partial charge in [-0.05, 0) is 155 Å². The summed E-state index contributed by atoms with van der Waals surface area (Å²) in [4.78, 5) is 162. The van der Waals surface area contributed by atoms with E-state index in [9.17, 15) is 57.5 Å². The molecule has 26 heteroatoms. The molecule has 26 nitrogen and oxygen atoms in total. The second-order valence-corrected chi connectivity index (χ2v) is 28.8. The van der Waals surface area contributed by atoms with E-state index in [0.717, 1.165) is 48.8 Å². The molecule has 1 aliphatic rings. The first-order chi connectivity index (χ1) is 51.1. The van der Waals surface area contributed by atoms with Crippen molar-refractivity contribution in [2.45, 2.75) is 213 Å². The Balaban J connectivity index is 1.00. The topological polar surface area (TPSA) is 364 Å². The fourth-order valence-corrected chi connectivity index (χ4v) is 12.1. The molecule has 10 N–H and O–H groups in total. The number of nitrogens with zero attached hydrogens (tertiary/aromatic N) is 1. The normalized spacial score (nSPS) is 14.0. The van der Waals surface area contributed by atoms with E-state index in [4.69, 9.17) is 19.3 Å². The lowest BCUT2D eigenvalue weighted by molar-refractivity contribution is -0.138. The Morgan fingerprint density at radius 3 is 1.74 bits per heavy atom. The monoisotopic (exact) mass is 1480 g/mol. The molecule has 107 heavy (non-hydrogen) atoms. The van der Waals surface area contributed by atoms with Gasteiger partial charge in [-0.3, -0.25) is 52.7 Å². The molecule has 1 aliphatic heterocycles. The summed E-state index contributed by atoms with van der Waals surface area (Å²) in [5, 5.41) is 33.9. The van der Waals surface area contributed by atoms with E-state index in [1.807, 2.05) is 97.0 Å². The number of hydrogen-bond donors (Lipinski definition) is 10. The lowest BCUT2D eigenvalue weighted by Crippen LogP contribution is -2.58. The summed E-state index contributed by atoms with van der Waals surface area (Å²) >= 11 is 0. The van der Waals surface area contributed by atoms with Crippen LogP contribution in [0.4, 0.5) is 10.5 Å². The number of benzene rings is 5. The molecule has 0 aliphatic carbocycles. The molecule has 10 amide bonds. The van der Waals surface area contributed by atoms with Crippen LogP contribution in [0.5, 0.6) is 11.5 Å². The number of likely N-dealkylation sites (tertiary alicyclic amines) is 1. The number of carboxylic acids is 1. The summed E-state index contributed by atoms with van der Waals surface area (Å²) < 4.78 is 17.0. The van der Waals surface area contributed by atoms with Crippen LogP contribution in [0.2, 0.25) is 0 Å². The minimum atomic E-state index is -1.31. The Labute approximate surface area is 627 Å². The first kappa shape index (κ1) is 85.3. The van der Waals surface area contributed by atoms with Crippen LogP contribution in [0.25, 0.3) is 0 Å². The maximum absolute atomic E-state index is 14.9. The predicted molar refractivity (Wildman–Crippen MR) is 404 cm³/mol. The number of carbonyl (C=O) groups is 12. The number of carboxylic acid groups (broad SMARTS) is 1. The van der Waals surface area contributed by atoms with E-state index in [-0.39, 0.29) is 88.3 Å². The number of amides is 10. The standard InChI is InChI=1S/C81H108N10O16/c1-53(2)47-66(89-79(103)69-30-22-46-91(69)55(5)92)75(99)84-51-71(94)85-65(41-36-56-23-15-12-16-24-56)76(100)88-68(49-58-34-39-62(40-35-58)107-81(6,7)8)78(102)87-67(48-54(3)4)77(101)86-63-29-21-20-28-60(63)50-73(97)106-61-37-32-57(33-38-61)25-14-10-9-11-19-31-70(93)82-44-45-83-74(98)64(42-43-72(95)96)90-80(104)105-52-59-26-17-13-18-27-59/h12-13,15-18,20-21,23-24,26-29,32-35,37-40,53-54,64-69H,9-11,14,19,22,25,30-31,36,41-52H2,1-8H3,(H,82,93)(H,83,98)(H,84,99)(H,85,94)(H,86,101)(H,87,102)(H,88,100)(H,89,103)(H,90,104)(H,95,96)/t64-,65-,66-,67-,68-,69?/m0/s1.